The molecule has 6 nitrogen and oxygen atoms in total. The molecule has 17 heavy (non-hydrogen) atoms. The number of aryl methyl sites for hydroxylation is 1. The number of aromatic nitrogens is 2. The maximum atomic E-state index is 5.68. The summed E-state index contributed by atoms with van der Waals surface area (Å²) in [5.74, 6) is 1.18. The summed E-state index contributed by atoms with van der Waals surface area (Å²) in [6.45, 7) is 2.06. The molecule has 0 radical (unpaired) electrons. The molecule has 0 aliphatic carbocycles. The molecule has 0 spiro atoms. The van der Waals surface area contributed by atoms with Crippen molar-refractivity contribution in [3.63, 3.8) is 0 Å². The van der Waals surface area contributed by atoms with Crippen molar-refractivity contribution in [2.45, 2.75) is 13.5 Å². The molecule has 0 amide bonds. The van der Waals surface area contributed by atoms with Gasteiger partial charge in [-0.15, -0.1) is 0 Å². The summed E-state index contributed by atoms with van der Waals surface area (Å²) in [5.41, 5.74) is 7.64. The summed E-state index contributed by atoms with van der Waals surface area (Å²) >= 11 is 0. The first-order chi connectivity index (χ1) is 8.20. The van der Waals surface area contributed by atoms with Crippen molar-refractivity contribution in [3.8, 4) is 11.5 Å². The second kappa shape index (κ2) is 4.73. The third kappa shape index (κ3) is 2.47. The Morgan fingerprint density at radius 2 is 2.12 bits per heavy atom. The lowest BCUT2D eigenvalue weighted by Gasteiger charge is -2.10. The number of rotatable bonds is 4. The molecular weight excluding hydrogens is 222 g/mol. The topological polar surface area (TPSA) is 83.4 Å². The number of benzene rings is 1. The molecule has 2 N–H and O–H groups in total. The smallest absolute Gasteiger partial charge is 0.163 e. The highest BCUT2D eigenvalue weighted by molar-refractivity contribution is 5.51. The molecule has 0 saturated heterocycles. The van der Waals surface area contributed by atoms with Crippen molar-refractivity contribution in [1.82, 2.24) is 10.3 Å². The SMILES string of the molecule is COc1ccc(N)cc1OCc1nonc1C. The van der Waals surface area contributed by atoms with Crippen LogP contribution in [0.1, 0.15) is 11.4 Å². The molecule has 90 valence electrons. The van der Waals surface area contributed by atoms with Crippen LogP contribution >= 0.6 is 0 Å². The number of hydrogen-bond donors (Lipinski definition) is 1. The van der Waals surface area contributed by atoms with Crippen LogP contribution in [0.4, 0.5) is 5.69 Å². The number of anilines is 1. The van der Waals surface area contributed by atoms with Gasteiger partial charge in [-0.2, -0.15) is 0 Å². The number of nitrogen functional groups attached to an aromatic ring is 1. The highest BCUT2D eigenvalue weighted by Gasteiger charge is 2.09. The number of ether oxygens (including phenoxy) is 2. The zero-order chi connectivity index (χ0) is 12.3. The normalized spacial score (nSPS) is 10.2. The Morgan fingerprint density at radius 1 is 1.29 bits per heavy atom. The van der Waals surface area contributed by atoms with Gasteiger partial charge >= 0.3 is 0 Å². The number of nitrogens with zero attached hydrogens (tertiary/aromatic N) is 2. The van der Waals surface area contributed by atoms with Crippen LogP contribution in [0.3, 0.4) is 0 Å². The Balaban J connectivity index is 2.13. The third-order valence-corrected chi connectivity index (χ3v) is 2.30. The van der Waals surface area contributed by atoms with Crippen LogP contribution in [-0.4, -0.2) is 17.4 Å². The van der Waals surface area contributed by atoms with E-state index < -0.39 is 0 Å². The summed E-state index contributed by atoms with van der Waals surface area (Å²) in [7, 11) is 1.57. The van der Waals surface area contributed by atoms with Gasteiger partial charge in [0.15, 0.2) is 11.5 Å². The molecule has 0 atom stereocenters. The largest absolute Gasteiger partial charge is 0.493 e. The van der Waals surface area contributed by atoms with Gasteiger partial charge < -0.3 is 15.2 Å². The molecule has 0 bridgehead atoms. The van der Waals surface area contributed by atoms with E-state index in [9.17, 15) is 0 Å². The summed E-state index contributed by atoms with van der Waals surface area (Å²) in [5, 5.41) is 7.39. The van der Waals surface area contributed by atoms with E-state index in [4.69, 9.17) is 15.2 Å². The van der Waals surface area contributed by atoms with Crippen LogP contribution in [0, 0.1) is 6.92 Å². The Bertz CT molecular complexity index is 510. The van der Waals surface area contributed by atoms with Crippen molar-refractivity contribution in [3.05, 3.63) is 29.6 Å². The molecule has 0 unspecified atom stereocenters. The van der Waals surface area contributed by atoms with E-state index in [2.05, 4.69) is 14.9 Å². The fourth-order valence-electron chi connectivity index (χ4n) is 1.33. The van der Waals surface area contributed by atoms with Gasteiger partial charge in [-0.25, -0.2) is 4.63 Å². The fraction of sp³-hybridized carbons (Fsp3) is 0.273. The first kappa shape index (κ1) is 11.3. The van der Waals surface area contributed by atoms with Crippen LogP contribution < -0.4 is 15.2 Å². The minimum Gasteiger partial charge on any atom is -0.493 e. The van der Waals surface area contributed by atoms with E-state index in [0.29, 0.717) is 28.6 Å². The Labute approximate surface area is 98.3 Å². The molecular formula is C11H13N3O3. The lowest BCUT2D eigenvalue weighted by atomic mass is 10.3. The van der Waals surface area contributed by atoms with E-state index in [-0.39, 0.29) is 6.61 Å². The molecule has 1 aromatic carbocycles. The van der Waals surface area contributed by atoms with Gasteiger partial charge in [0, 0.05) is 11.8 Å². The second-order valence-corrected chi connectivity index (χ2v) is 3.50. The Hall–Kier alpha value is -2.24. The number of hydrogen-bond acceptors (Lipinski definition) is 6. The summed E-state index contributed by atoms with van der Waals surface area (Å²) in [4.78, 5) is 0. The first-order valence-corrected chi connectivity index (χ1v) is 5.05. The summed E-state index contributed by atoms with van der Waals surface area (Å²) in [6, 6.07) is 5.19. The lowest BCUT2D eigenvalue weighted by molar-refractivity contribution is 0.260. The number of methoxy groups -OCH3 is 1. The molecule has 2 aromatic rings. The van der Waals surface area contributed by atoms with Gasteiger partial charge in [0.25, 0.3) is 0 Å². The van der Waals surface area contributed by atoms with Gasteiger partial charge in [0.05, 0.1) is 7.11 Å². The third-order valence-electron chi connectivity index (χ3n) is 2.30. The fourth-order valence-corrected chi connectivity index (χ4v) is 1.33. The molecule has 0 saturated carbocycles. The highest BCUT2D eigenvalue weighted by atomic mass is 16.6. The van der Waals surface area contributed by atoms with Crippen LogP contribution in [0.15, 0.2) is 22.8 Å². The zero-order valence-electron chi connectivity index (χ0n) is 9.64. The van der Waals surface area contributed by atoms with E-state index >= 15 is 0 Å². The van der Waals surface area contributed by atoms with Gasteiger partial charge in [-0.1, -0.05) is 10.3 Å². The van der Waals surface area contributed by atoms with Crippen molar-refractivity contribution in [2.75, 3.05) is 12.8 Å². The molecule has 2 rings (SSSR count). The predicted octanol–water partition coefficient (Wildman–Crippen LogP) is 1.55. The standard InChI is InChI=1S/C11H13N3O3/c1-7-9(14-17-13-7)6-16-11-5-8(12)3-4-10(11)15-2/h3-5H,6,12H2,1-2H3. The van der Waals surface area contributed by atoms with E-state index in [1.165, 1.54) is 0 Å². The van der Waals surface area contributed by atoms with Crippen molar-refractivity contribution >= 4 is 5.69 Å². The molecule has 0 fully saturated rings. The van der Waals surface area contributed by atoms with Gasteiger partial charge in [-0.3, -0.25) is 0 Å². The van der Waals surface area contributed by atoms with Crippen LogP contribution in [0.25, 0.3) is 0 Å². The van der Waals surface area contributed by atoms with Gasteiger partial charge in [-0.05, 0) is 19.1 Å². The molecule has 6 heteroatoms. The zero-order valence-corrected chi connectivity index (χ0v) is 9.64. The first-order valence-electron chi connectivity index (χ1n) is 5.05. The Kier molecular flexibility index (Phi) is 3.13. The van der Waals surface area contributed by atoms with E-state index in [1.54, 1.807) is 32.2 Å². The van der Waals surface area contributed by atoms with Gasteiger partial charge in [0.2, 0.25) is 0 Å². The Morgan fingerprint density at radius 3 is 2.76 bits per heavy atom. The lowest BCUT2D eigenvalue weighted by Crippen LogP contribution is -2.00. The van der Waals surface area contributed by atoms with Crippen molar-refractivity contribution in [1.29, 1.82) is 0 Å². The summed E-state index contributed by atoms with van der Waals surface area (Å²) in [6.07, 6.45) is 0. The maximum Gasteiger partial charge on any atom is 0.163 e. The highest BCUT2D eigenvalue weighted by Crippen LogP contribution is 2.29. The van der Waals surface area contributed by atoms with Crippen LogP contribution in [0.5, 0.6) is 11.5 Å². The van der Waals surface area contributed by atoms with E-state index in [1.807, 2.05) is 0 Å². The average Bonchev–Trinajstić information content (AvgIpc) is 2.72. The van der Waals surface area contributed by atoms with Gasteiger partial charge in [0.1, 0.15) is 18.0 Å². The molecule has 0 aliphatic heterocycles. The van der Waals surface area contributed by atoms with Crippen molar-refractivity contribution < 1.29 is 14.1 Å². The van der Waals surface area contributed by atoms with Crippen LogP contribution in [-0.2, 0) is 6.61 Å². The minimum absolute atomic E-state index is 0.259. The minimum atomic E-state index is 0.259. The quantitative estimate of drug-likeness (QED) is 0.809. The average molecular weight is 235 g/mol. The van der Waals surface area contributed by atoms with Crippen molar-refractivity contribution in [2.24, 2.45) is 0 Å². The molecule has 0 aliphatic rings. The monoisotopic (exact) mass is 235 g/mol. The maximum absolute atomic E-state index is 5.68. The van der Waals surface area contributed by atoms with E-state index in [0.717, 1.165) is 0 Å². The summed E-state index contributed by atoms with van der Waals surface area (Å²) < 4.78 is 15.3. The second-order valence-electron chi connectivity index (χ2n) is 3.50. The molecule has 1 heterocycles. The van der Waals surface area contributed by atoms with Crippen LogP contribution in [0.2, 0.25) is 0 Å². The number of nitrogens with two attached hydrogens (primary N) is 1. The predicted molar refractivity (Wildman–Crippen MR) is 60.8 cm³/mol. The molecule has 1 aromatic heterocycles.